The average molecular weight is 880 g/mol. The first-order chi connectivity index (χ1) is 29.3. The minimum atomic E-state index is -1.39. The highest BCUT2D eigenvalue weighted by atomic mass is 79.9. The molecule has 316 valence electrons. The lowest BCUT2D eigenvalue weighted by Gasteiger charge is -2.39. The van der Waals surface area contributed by atoms with Crippen molar-refractivity contribution in [3.63, 3.8) is 0 Å². The van der Waals surface area contributed by atoms with Gasteiger partial charge in [0.1, 0.15) is 0 Å². The van der Waals surface area contributed by atoms with Gasteiger partial charge in [-0.25, -0.2) is 9.97 Å². The first-order valence-corrected chi connectivity index (χ1v) is 22.4. The van der Waals surface area contributed by atoms with Crippen LogP contribution in [-0.2, 0) is 0 Å². The number of likely N-dealkylation sites (tertiary alicyclic amines) is 2. The minimum absolute atomic E-state index is 0.479. The van der Waals surface area contributed by atoms with Crippen LogP contribution < -0.4 is 15.3 Å². The number of fused-ring (bicyclic) bond motifs is 2. The lowest BCUT2D eigenvalue weighted by molar-refractivity contribution is 0.140. The first kappa shape index (κ1) is 42.2. The summed E-state index contributed by atoms with van der Waals surface area (Å²) in [5, 5.41) is 17.4. The van der Waals surface area contributed by atoms with E-state index in [9.17, 15) is 0 Å². The molecule has 0 unspecified atom stereocenters. The van der Waals surface area contributed by atoms with Crippen LogP contribution in [0.1, 0.15) is 75.6 Å². The fourth-order valence-corrected chi connectivity index (χ4v) is 9.20. The molecular weight excluding hydrogens is 823 g/mol. The minimum Gasteiger partial charge on any atom is -0.423 e. The van der Waals surface area contributed by atoms with E-state index in [-0.39, 0.29) is 0 Å². The first-order valence-electron chi connectivity index (χ1n) is 21.6. The van der Waals surface area contributed by atoms with Crippen LogP contribution in [0.15, 0.2) is 74.5 Å². The number of oxazole rings is 2. The van der Waals surface area contributed by atoms with Crippen LogP contribution in [0, 0.1) is 13.8 Å². The van der Waals surface area contributed by atoms with Crippen molar-refractivity contribution in [2.45, 2.75) is 90.1 Å². The molecule has 60 heavy (non-hydrogen) atoms. The van der Waals surface area contributed by atoms with Crippen molar-refractivity contribution in [3.8, 4) is 11.1 Å². The van der Waals surface area contributed by atoms with Crippen LogP contribution in [0.4, 0.5) is 12.0 Å². The van der Waals surface area contributed by atoms with Gasteiger partial charge in [-0.15, -0.1) is 0 Å². The molecule has 0 aliphatic carbocycles. The van der Waals surface area contributed by atoms with E-state index in [1.54, 1.807) is 31.5 Å². The molecule has 4 fully saturated rings. The highest BCUT2D eigenvalue weighted by Gasteiger charge is 2.29. The summed E-state index contributed by atoms with van der Waals surface area (Å²) in [5.41, 5.74) is 7.26. The SMILES string of the molecule is Brc1cnc2nc(N3CCC(N4CCCCC4)CC3)oc2c1.Cc1cc(-c2cnc3nc(N4CCC(N5CCCCC5)CC4)oc3c2)ccn1.Cc1cc(B(O)O)ccn1. The lowest BCUT2D eigenvalue weighted by Crippen LogP contribution is -2.46. The maximum atomic E-state index is 8.68. The second-order valence-corrected chi connectivity index (χ2v) is 17.3. The molecule has 6 aromatic rings. The van der Waals surface area contributed by atoms with E-state index >= 15 is 0 Å². The molecule has 4 aliphatic rings. The van der Waals surface area contributed by atoms with Crippen molar-refractivity contribution in [1.29, 1.82) is 0 Å². The lowest BCUT2D eigenvalue weighted by atomic mass is 9.81. The molecule has 0 atom stereocenters. The molecule has 0 aromatic carbocycles. The summed E-state index contributed by atoms with van der Waals surface area (Å²) in [5.74, 6) is 0. The number of nitrogens with zero attached hydrogens (tertiary/aromatic N) is 10. The molecule has 0 spiro atoms. The van der Waals surface area contributed by atoms with Crippen LogP contribution >= 0.6 is 15.9 Å². The fourth-order valence-electron chi connectivity index (χ4n) is 8.89. The van der Waals surface area contributed by atoms with Gasteiger partial charge in [0.25, 0.3) is 12.0 Å². The molecule has 0 bridgehead atoms. The number of aromatic nitrogens is 6. The van der Waals surface area contributed by atoms with Crippen molar-refractivity contribution in [1.82, 2.24) is 39.7 Å². The summed E-state index contributed by atoms with van der Waals surface area (Å²) in [6.45, 7) is 13.0. The van der Waals surface area contributed by atoms with E-state index in [4.69, 9.17) is 18.9 Å². The summed E-state index contributed by atoms with van der Waals surface area (Å²) in [7, 11) is -1.39. The van der Waals surface area contributed by atoms with Gasteiger partial charge in [-0.3, -0.25) is 9.97 Å². The molecule has 10 rings (SSSR count). The highest BCUT2D eigenvalue weighted by Crippen LogP contribution is 2.30. The molecule has 4 aliphatic heterocycles. The fraction of sp³-hybridized carbons (Fsp3) is 0.500. The third-order valence-corrected chi connectivity index (χ3v) is 12.6. The van der Waals surface area contributed by atoms with Gasteiger partial charge in [0.15, 0.2) is 11.2 Å². The topological polar surface area (TPSA) is 157 Å². The molecule has 0 amide bonds. The van der Waals surface area contributed by atoms with Gasteiger partial charge < -0.3 is 38.5 Å². The summed E-state index contributed by atoms with van der Waals surface area (Å²) in [6, 6.07) is 14.1. The van der Waals surface area contributed by atoms with E-state index in [0.29, 0.717) is 22.8 Å². The maximum absolute atomic E-state index is 8.68. The second kappa shape index (κ2) is 19.9. The largest absolute Gasteiger partial charge is 0.488 e. The Morgan fingerprint density at radius 2 is 1.08 bits per heavy atom. The molecule has 4 saturated heterocycles. The average Bonchev–Trinajstić information content (AvgIpc) is 3.92. The zero-order valence-corrected chi connectivity index (χ0v) is 36.4. The maximum Gasteiger partial charge on any atom is 0.488 e. The standard InChI is InChI=1S/C22H27N5O.C16H21BrN4O.C6H8BNO2/c1-16-13-17(5-8-23-16)18-14-20-21(24-15-18)25-22(28-20)27-11-6-19(7-12-27)26-9-3-2-4-10-26;17-12-10-14-15(18-11-12)19-16(22-14)21-8-4-13(5-9-21)20-6-2-1-3-7-20;1-5-4-6(7(9)10)2-3-8-5/h5,8,13-15,19H,2-4,6-7,9-12H2,1H3;10-11,13H,1-9H2;2-4,9-10H,1H3. The van der Waals surface area contributed by atoms with Crippen LogP contribution in [0.25, 0.3) is 33.6 Å². The van der Waals surface area contributed by atoms with Crippen LogP contribution in [-0.4, -0.2) is 121 Å². The van der Waals surface area contributed by atoms with Crippen molar-refractivity contribution in [2.75, 3.05) is 62.2 Å². The Hall–Kier alpha value is -4.48. The zero-order chi connectivity index (χ0) is 41.4. The Balaban J connectivity index is 0.000000138. The predicted octanol–water partition coefficient (Wildman–Crippen LogP) is 6.56. The van der Waals surface area contributed by atoms with Crippen LogP contribution in [0.2, 0.25) is 0 Å². The van der Waals surface area contributed by atoms with Gasteiger partial charge in [0.05, 0.1) is 0 Å². The van der Waals surface area contributed by atoms with Gasteiger partial charge in [-0.1, -0.05) is 12.8 Å². The monoisotopic (exact) mass is 878 g/mol. The second-order valence-electron chi connectivity index (χ2n) is 16.4. The summed E-state index contributed by atoms with van der Waals surface area (Å²) < 4.78 is 12.9. The van der Waals surface area contributed by atoms with E-state index in [1.165, 1.54) is 90.4 Å². The number of piperidine rings is 4. The number of hydrogen-bond donors (Lipinski definition) is 2. The number of hydrogen-bond acceptors (Lipinski definition) is 14. The van der Waals surface area contributed by atoms with Crippen LogP contribution in [0.5, 0.6) is 0 Å². The number of halogens is 1. The van der Waals surface area contributed by atoms with Gasteiger partial charge in [0.2, 0.25) is 11.3 Å². The zero-order valence-electron chi connectivity index (χ0n) is 34.8. The number of pyridine rings is 4. The summed E-state index contributed by atoms with van der Waals surface area (Å²) in [6.07, 6.45) is 20.0. The van der Waals surface area contributed by atoms with Crippen molar-refractivity contribution in [2.24, 2.45) is 0 Å². The van der Waals surface area contributed by atoms with Crippen LogP contribution in [0.3, 0.4) is 0 Å². The van der Waals surface area contributed by atoms with Crippen molar-refractivity contribution >= 4 is 63.0 Å². The van der Waals surface area contributed by atoms with E-state index in [2.05, 4.69) is 71.5 Å². The number of anilines is 2. The molecule has 16 heteroatoms. The molecule has 0 saturated carbocycles. The Morgan fingerprint density at radius 1 is 0.583 bits per heavy atom. The van der Waals surface area contributed by atoms with Gasteiger partial charge >= 0.3 is 7.12 Å². The Bertz CT molecular complexity index is 2300. The van der Waals surface area contributed by atoms with Gasteiger partial charge in [-0.2, -0.15) is 9.97 Å². The Morgan fingerprint density at radius 3 is 1.58 bits per heavy atom. The highest BCUT2D eigenvalue weighted by molar-refractivity contribution is 9.10. The molecule has 6 aromatic heterocycles. The van der Waals surface area contributed by atoms with Crippen molar-refractivity contribution < 1.29 is 18.9 Å². The molecule has 2 N–H and O–H groups in total. The smallest absolute Gasteiger partial charge is 0.423 e. The quantitative estimate of drug-likeness (QED) is 0.174. The molecule has 10 heterocycles. The molecular formula is C44H56BBrN10O4. The van der Waals surface area contributed by atoms with Gasteiger partial charge in [-0.05, 0) is 149 Å². The van der Waals surface area contributed by atoms with E-state index in [0.717, 1.165) is 82.4 Å². The molecule has 0 radical (unpaired) electrons. The summed E-state index contributed by atoms with van der Waals surface area (Å²) in [4.78, 5) is 36.1. The normalized spacial score (nSPS) is 18.6. The van der Waals surface area contributed by atoms with Gasteiger partial charge in [0, 0.05) is 90.5 Å². The van der Waals surface area contributed by atoms with E-state index in [1.807, 2.05) is 37.5 Å². The third kappa shape index (κ3) is 10.7. The van der Waals surface area contributed by atoms with E-state index < -0.39 is 7.12 Å². The Labute approximate surface area is 360 Å². The summed E-state index contributed by atoms with van der Waals surface area (Å²) >= 11 is 3.42. The predicted molar refractivity (Wildman–Crippen MR) is 239 cm³/mol. The molecule has 14 nitrogen and oxygen atoms in total. The number of rotatable bonds is 6. The number of aryl methyl sites for hydroxylation is 2. The van der Waals surface area contributed by atoms with Crippen molar-refractivity contribution in [3.05, 3.63) is 77.0 Å². The Kier molecular flexibility index (Phi) is 14.0. The third-order valence-electron chi connectivity index (χ3n) is 12.2.